The summed E-state index contributed by atoms with van der Waals surface area (Å²) in [6.07, 6.45) is 4.39. The average Bonchev–Trinajstić information content (AvgIpc) is 3.59. The van der Waals surface area contributed by atoms with Gasteiger partial charge in [-0.15, -0.1) is 0 Å². The van der Waals surface area contributed by atoms with Crippen LogP contribution < -0.4 is 15.3 Å². The highest BCUT2D eigenvalue weighted by molar-refractivity contribution is 6.06. The Bertz CT molecular complexity index is 2830. The molecular weight excluding hydrogens is 679 g/mol. The van der Waals surface area contributed by atoms with Crippen LogP contribution in [0.1, 0.15) is 71.1 Å². The summed E-state index contributed by atoms with van der Waals surface area (Å²) in [5.74, 6) is 0. The van der Waals surface area contributed by atoms with E-state index in [1.165, 1.54) is 66.3 Å². The summed E-state index contributed by atoms with van der Waals surface area (Å²) in [6.45, 7) is 13.9. The molecule has 0 unspecified atom stereocenters. The van der Waals surface area contributed by atoms with Gasteiger partial charge < -0.3 is 9.32 Å². The SMILES string of the molecule is CC(C)(C)c1cc(N(c2ccc(-c3ccc4oc5ccccc5c4c3)cc2)c2ccccc2C2=c3c(-c4ccccc4)cccc3=CCC2)cc(C(C)(C)C)c1. The zero-order chi connectivity index (χ0) is 38.6. The van der Waals surface area contributed by atoms with Crippen LogP contribution in [0.15, 0.2) is 162 Å². The fourth-order valence-corrected chi connectivity index (χ4v) is 8.37. The summed E-state index contributed by atoms with van der Waals surface area (Å²) in [5, 5.41) is 4.94. The zero-order valence-electron chi connectivity index (χ0n) is 33.4. The summed E-state index contributed by atoms with van der Waals surface area (Å²) in [7, 11) is 0. The maximum atomic E-state index is 6.16. The van der Waals surface area contributed by atoms with Crippen molar-refractivity contribution >= 4 is 50.6 Å². The number of nitrogens with zero attached hydrogens (tertiary/aromatic N) is 1. The highest BCUT2D eigenvalue weighted by Crippen LogP contribution is 2.44. The number of furan rings is 1. The summed E-state index contributed by atoms with van der Waals surface area (Å²) in [5.41, 5.74) is 15.5. The molecule has 0 bridgehead atoms. The third-order valence-corrected chi connectivity index (χ3v) is 11.5. The number of para-hydroxylation sites is 2. The van der Waals surface area contributed by atoms with Crippen molar-refractivity contribution in [3.63, 3.8) is 0 Å². The van der Waals surface area contributed by atoms with E-state index in [1.807, 2.05) is 12.1 Å². The highest BCUT2D eigenvalue weighted by atomic mass is 16.3. The Morgan fingerprint density at radius 3 is 1.88 bits per heavy atom. The van der Waals surface area contributed by atoms with Crippen LogP contribution in [0.2, 0.25) is 0 Å². The highest BCUT2D eigenvalue weighted by Gasteiger charge is 2.26. The van der Waals surface area contributed by atoms with Crippen LogP contribution >= 0.6 is 0 Å². The molecule has 0 amide bonds. The lowest BCUT2D eigenvalue weighted by atomic mass is 9.80. The Labute approximate surface area is 331 Å². The molecule has 9 rings (SSSR count). The zero-order valence-corrected chi connectivity index (χ0v) is 33.4. The van der Waals surface area contributed by atoms with Crippen molar-refractivity contribution in [1.82, 2.24) is 0 Å². The molecule has 2 heteroatoms. The van der Waals surface area contributed by atoms with Crippen molar-refractivity contribution in [3.8, 4) is 22.3 Å². The molecule has 2 nitrogen and oxygen atoms in total. The Hall–Kier alpha value is -6.12. The number of hydrogen-bond donors (Lipinski definition) is 0. The molecular formula is C54H49NO. The Morgan fingerprint density at radius 1 is 0.482 bits per heavy atom. The Morgan fingerprint density at radius 2 is 1.12 bits per heavy atom. The van der Waals surface area contributed by atoms with Gasteiger partial charge in [0.25, 0.3) is 0 Å². The first kappa shape index (κ1) is 35.6. The van der Waals surface area contributed by atoms with Crippen LogP contribution in [-0.2, 0) is 10.8 Å². The largest absolute Gasteiger partial charge is 0.456 e. The summed E-state index contributed by atoms with van der Waals surface area (Å²) < 4.78 is 6.16. The summed E-state index contributed by atoms with van der Waals surface area (Å²) >= 11 is 0. The topological polar surface area (TPSA) is 16.4 Å². The maximum Gasteiger partial charge on any atom is 0.135 e. The lowest BCUT2D eigenvalue weighted by Gasteiger charge is -2.33. The van der Waals surface area contributed by atoms with E-state index in [2.05, 4.69) is 198 Å². The maximum absolute atomic E-state index is 6.16. The lowest BCUT2D eigenvalue weighted by molar-refractivity contribution is 0.569. The molecule has 1 heterocycles. The lowest BCUT2D eigenvalue weighted by Crippen LogP contribution is -2.32. The van der Waals surface area contributed by atoms with Crippen LogP contribution in [0.4, 0.5) is 17.1 Å². The summed E-state index contributed by atoms with van der Waals surface area (Å²) in [6, 6.07) is 57.9. The quantitative estimate of drug-likeness (QED) is 0.170. The van der Waals surface area contributed by atoms with E-state index >= 15 is 0 Å². The Kier molecular flexibility index (Phi) is 8.81. The predicted octanol–water partition coefficient (Wildman–Crippen LogP) is 13.8. The van der Waals surface area contributed by atoms with E-state index in [9.17, 15) is 0 Å². The van der Waals surface area contributed by atoms with Crippen LogP contribution in [0.3, 0.4) is 0 Å². The van der Waals surface area contributed by atoms with Crippen LogP contribution in [0, 0.1) is 0 Å². The van der Waals surface area contributed by atoms with Gasteiger partial charge in [0.15, 0.2) is 0 Å². The number of fused-ring (bicyclic) bond motifs is 4. The van der Waals surface area contributed by atoms with Gasteiger partial charge in [0.2, 0.25) is 0 Å². The molecule has 0 atom stereocenters. The van der Waals surface area contributed by atoms with Gasteiger partial charge in [-0.25, -0.2) is 0 Å². The molecule has 1 aliphatic carbocycles. The van der Waals surface area contributed by atoms with Gasteiger partial charge in [0.1, 0.15) is 11.2 Å². The van der Waals surface area contributed by atoms with Gasteiger partial charge in [0, 0.05) is 27.7 Å². The fraction of sp³-hybridized carbons (Fsp3) is 0.185. The third-order valence-electron chi connectivity index (χ3n) is 11.5. The molecule has 0 spiro atoms. The van der Waals surface area contributed by atoms with Crippen molar-refractivity contribution in [3.05, 3.63) is 185 Å². The van der Waals surface area contributed by atoms with Crippen LogP contribution in [0.5, 0.6) is 0 Å². The second-order valence-electron chi connectivity index (χ2n) is 17.3. The monoisotopic (exact) mass is 727 g/mol. The molecule has 7 aromatic carbocycles. The molecule has 0 N–H and O–H groups in total. The smallest absolute Gasteiger partial charge is 0.135 e. The molecule has 0 saturated heterocycles. The van der Waals surface area contributed by atoms with Gasteiger partial charge >= 0.3 is 0 Å². The van der Waals surface area contributed by atoms with Crippen molar-refractivity contribution < 1.29 is 4.42 Å². The van der Waals surface area contributed by atoms with Crippen LogP contribution in [-0.4, -0.2) is 0 Å². The van der Waals surface area contributed by atoms with E-state index in [0.29, 0.717) is 0 Å². The molecule has 56 heavy (non-hydrogen) atoms. The first-order valence-electron chi connectivity index (χ1n) is 20.0. The van der Waals surface area contributed by atoms with E-state index in [0.717, 1.165) is 40.5 Å². The van der Waals surface area contributed by atoms with E-state index in [4.69, 9.17) is 4.42 Å². The first-order valence-corrected chi connectivity index (χ1v) is 20.0. The molecule has 276 valence electrons. The molecule has 1 aliphatic rings. The van der Waals surface area contributed by atoms with Gasteiger partial charge in [-0.2, -0.15) is 0 Å². The average molecular weight is 728 g/mol. The van der Waals surface area contributed by atoms with Gasteiger partial charge in [0.05, 0.1) is 5.69 Å². The van der Waals surface area contributed by atoms with Crippen molar-refractivity contribution in [2.24, 2.45) is 0 Å². The standard InChI is InChI=1S/C54H49NO/c1-53(2,3)40-33-41(54(4,5)6)35-43(34-40)55(42-29-26-36(27-30-42)39-28-31-51-48(32-39)46-21-11-13-25-50(46)56-51)49-24-12-10-20-45(49)47-23-15-19-38-18-14-22-44(52(38)47)37-16-8-7-9-17-37/h7-14,16-22,24-35H,15,23H2,1-6H3. The number of benzene rings is 7. The van der Waals surface area contributed by atoms with Crippen molar-refractivity contribution in [2.75, 3.05) is 4.90 Å². The van der Waals surface area contributed by atoms with Crippen LogP contribution in [0.25, 0.3) is 55.8 Å². The third kappa shape index (κ3) is 6.54. The molecule has 0 fully saturated rings. The van der Waals surface area contributed by atoms with Crippen molar-refractivity contribution in [2.45, 2.75) is 65.2 Å². The van der Waals surface area contributed by atoms with Crippen molar-refractivity contribution in [1.29, 1.82) is 0 Å². The minimum absolute atomic E-state index is 0.0293. The second kappa shape index (κ2) is 13.9. The number of rotatable bonds is 6. The van der Waals surface area contributed by atoms with E-state index in [-0.39, 0.29) is 10.8 Å². The minimum atomic E-state index is -0.0293. The molecule has 0 aliphatic heterocycles. The molecule has 8 aromatic rings. The van der Waals surface area contributed by atoms with E-state index in [1.54, 1.807) is 0 Å². The van der Waals surface area contributed by atoms with Gasteiger partial charge in [-0.1, -0.05) is 157 Å². The predicted molar refractivity (Wildman–Crippen MR) is 239 cm³/mol. The second-order valence-corrected chi connectivity index (χ2v) is 17.3. The molecule has 0 radical (unpaired) electrons. The molecule has 0 saturated carbocycles. The molecule has 1 aromatic heterocycles. The van der Waals surface area contributed by atoms with E-state index < -0.39 is 0 Å². The fourth-order valence-electron chi connectivity index (χ4n) is 8.37. The minimum Gasteiger partial charge on any atom is -0.456 e. The number of anilines is 3. The normalized spacial score (nSPS) is 13.1. The Balaban J connectivity index is 1.27. The van der Waals surface area contributed by atoms with Gasteiger partial charge in [-0.05, 0) is 122 Å². The summed E-state index contributed by atoms with van der Waals surface area (Å²) in [4.78, 5) is 2.51. The first-order chi connectivity index (χ1) is 27.0. The van der Waals surface area contributed by atoms with Gasteiger partial charge in [-0.3, -0.25) is 0 Å². The number of hydrogen-bond acceptors (Lipinski definition) is 2.